The molecule has 0 fully saturated rings. The number of hydrogen-bond donors (Lipinski definition) is 4. The minimum Gasteiger partial charge on any atom is -0.284 e. The number of hydrogen-bond acceptors (Lipinski definition) is 0. The fourth-order valence-corrected chi connectivity index (χ4v) is 0.621. The second-order valence-electron chi connectivity index (χ2n) is 1.90. The van der Waals surface area contributed by atoms with Crippen LogP contribution in [-0.2, 0) is 0 Å². The van der Waals surface area contributed by atoms with Crippen molar-refractivity contribution in [1.29, 1.82) is 0 Å². The van der Waals surface area contributed by atoms with Gasteiger partial charge in [0.1, 0.15) is 11.0 Å². The summed E-state index contributed by atoms with van der Waals surface area (Å²) < 4.78 is 0. The van der Waals surface area contributed by atoms with Gasteiger partial charge in [-0.2, -0.15) is 0 Å². The van der Waals surface area contributed by atoms with Crippen LogP contribution in [0.5, 0.6) is 0 Å². The van der Waals surface area contributed by atoms with Crippen molar-refractivity contribution >= 4 is 12.2 Å². The van der Waals surface area contributed by atoms with Crippen molar-refractivity contribution in [2.24, 2.45) is 0 Å². The van der Waals surface area contributed by atoms with E-state index in [0.717, 1.165) is 11.0 Å². The number of aromatic amines is 4. The largest absolute Gasteiger partial charge is 0.284 e. The smallest absolute Gasteiger partial charge is 0.132 e. The van der Waals surface area contributed by atoms with E-state index in [1.807, 2.05) is 26.0 Å². The molecule has 0 spiro atoms. The lowest BCUT2D eigenvalue weighted by Crippen LogP contribution is -2.25. The number of H-pyrrole nitrogens is 4. The van der Waals surface area contributed by atoms with Crippen molar-refractivity contribution < 1.29 is 0 Å². The van der Waals surface area contributed by atoms with Gasteiger partial charge in [-0.3, -0.25) is 20.4 Å². The Morgan fingerprint density at radius 2 is 1.10 bits per heavy atom. The van der Waals surface area contributed by atoms with Gasteiger partial charge in [0.2, 0.25) is 0 Å². The summed E-state index contributed by atoms with van der Waals surface area (Å²) in [4.78, 5) is 0. The monoisotopic (exact) mass is 140 g/mol. The van der Waals surface area contributed by atoms with E-state index < -0.39 is 0 Å². The number of rotatable bonds is 0. The molecule has 0 radical (unpaired) electrons. The quantitative estimate of drug-likeness (QED) is 0.383. The van der Waals surface area contributed by atoms with Gasteiger partial charge in [0.05, 0.1) is 0 Å². The molecule has 0 saturated heterocycles. The molecule has 1 aromatic rings. The van der Waals surface area contributed by atoms with Crippen molar-refractivity contribution in [2.45, 2.75) is 13.8 Å². The first-order valence-electron chi connectivity index (χ1n) is 3.23. The van der Waals surface area contributed by atoms with E-state index in [9.17, 15) is 0 Å². The van der Waals surface area contributed by atoms with Gasteiger partial charge in [-0.15, -0.1) is 0 Å². The molecule has 0 unspecified atom stereocenters. The Morgan fingerprint density at radius 1 is 0.800 bits per heavy atom. The lowest BCUT2D eigenvalue weighted by atomic mass is 10.7. The molecule has 4 N–H and O–H groups in total. The third-order valence-electron chi connectivity index (χ3n) is 1.24. The maximum absolute atomic E-state index is 2.94. The molecule has 0 saturated carbocycles. The minimum absolute atomic E-state index is 0.922. The van der Waals surface area contributed by atoms with Crippen LogP contribution in [0, 0.1) is 0 Å². The zero-order valence-electron chi connectivity index (χ0n) is 6.15. The Kier molecular flexibility index (Phi) is 2.04. The van der Waals surface area contributed by atoms with E-state index in [1.54, 1.807) is 0 Å². The molecule has 1 aromatic heterocycles. The molecule has 1 heterocycles. The molecule has 4 heteroatoms. The van der Waals surface area contributed by atoms with Crippen LogP contribution in [0.4, 0.5) is 0 Å². The number of aromatic nitrogens is 4. The first kappa shape index (κ1) is 6.80. The molecule has 10 heavy (non-hydrogen) atoms. The van der Waals surface area contributed by atoms with E-state index >= 15 is 0 Å². The van der Waals surface area contributed by atoms with Gasteiger partial charge in [-0.1, -0.05) is 0 Å². The van der Waals surface area contributed by atoms with Crippen LogP contribution in [0.2, 0.25) is 0 Å². The van der Waals surface area contributed by atoms with Gasteiger partial charge in [0, 0.05) is 0 Å². The van der Waals surface area contributed by atoms with E-state index in [1.165, 1.54) is 0 Å². The van der Waals surface area contributed by atoms with Crippen LogP contribution in [0.1, 0.15) is 13.8 Å². The van der Waals surface area contributed by atoms with Crippen LogP contribution in [0.3, 0.4) is 0 Å². The summed E-state index contributed by atoms with van der Waals surface area (Å²) in [6.07, 6.45) is 3.85. The third-order valence-corrected chi connectivity index (χ3v) is 1.24. The van der Waals surface area contributed by atoms with E-state index in [0.29, 0.717) is 0 Å². The van der Waals surface area contributed by atoms with Crippen molar-refractivity contribution in [1.82, 2.24) is 20.4 Å². The Balaban J connectivity index is 3.28. The molecule has 0 aromatic carbocycles. The second kappa shape index (κ2) is 3.00. The molecular weight excluding hydrogens is 128 g/mol. The van der Waals surface area contributed by atoms with Gasteiger partial charge in [0.25, 0.3) is 0 Å². The minimum atomic E-state index is 0.922. The zero-order valence-corrected chi connectivity index (χ0v) is 6.15. The summed E-state index contributed by atoms with van der Waals surface area (Å²) in [5.41, 5.74) is 1.84. The van der Waals surface area contributed by atoms with Crippen LogP contribution < -0.4 is 11.0 Å². The summed E-state index contributed by atoms with van der Waals surface area (Å²) in [5, 5.41) is 11.8. The van der Waals surface area contributed by atoms with Gasteiger partial charge >= 0.3 is 0 Å². The molecule has 0 atom stereocenters. The first-order chi connectivity index (χ1) is 4.86. The fraction of sp³-hybridized carbons (Fsp3) is 0.333. The molecule has 4 nitrogen and oxygen atoms in total. The number of nitrogens with one attached hydrogen (secondary N) is 4. The standard InChI is InChI=1S/C6H12N4/c1-3-5-7-9-6(4-2)10-8-5/h3-4,7-10H,1-2H3. The van der Waals surface area contributed by atoms with Crippen LogP contribution in [-0.4, -0.2) is 20.4 Å². The van der Waals surface area contributed by atoms with E-state index in [2.05, 4.69) is 20.4 Å². The highest BCUT2D eigenvalue weighted by Gasteiger charge is 1.71. The molecule has 0 amide bonds. The van der Waals surface area contributed by atoms with E-state index in [4.69, 9.17) is 0 Å². The molecular formula is C6H12N4. The highest BCUT2D eigenvalue weighted by Crippen LogP contribution is 1.51. The van der Waals surface area contributed by atoms with Crippen LogP contribution in [0.25, 0.3) is 12.2 Å². The summed E-state index contributed by atoms with van der Waals surface area (Å²) in [6.45, 7) is 3.89. The zero-order chi connectivity index (χ0) is 7.40. The maximum Gasteiger partial charge on any atom is 0.132 e. The Bertz CT molecular complexity index is 261. The lowest BCUT2D eigenvalue weighted by Gasteiger charge is -1.90. The van der Waals surface area contributed by atoms with Gasteiger partial charge in [-0.25, -0.2) is 0 Å². The molecule has 56 valence electrons. The summed E-state index contributed by atoms with van der Waals surface area (Å²) >= 11 is 0. The van der Waals surface area contributed by atoms with Gasteiger partial charge < -0.3 is 0 Å². The predicted octanol–water partition coefficient (Wildman–Crippen LogP) is -0.276. The lowest BCUT2D eigenvalue weighted by molar-refractivity contribution is 0.777. The molecule has 1 rings (SSSR count). The SMILES string of the molecule is CC=c1[nH][nH]c(=CC)[nH][nH]1. The third kappa shape index (κ3) is 1.34. The van der Waals surface area contributed by atoms with Crippen molar-refractivity contribution in [3.8, 4) is 0 Å². The van der Waals surface area contributed by atoms with Crippen LogP contribution in [0.15, 0.2) is 0 Å². The Labute approximate surface area is 58.3 Å². The highest BCUT2D eigenvalue weighted by molar-refractivity contribution is 5.08. The van der Waals surface area contributed by atoms with Gasteiger partial charge in [-0.05, 0) is 26.0 Å². The Hall–Kier alpha value is -1.32. The first-order valence-corrected chi connectivity index (χ1v) is 3.23. The average Bonchev–Trinajstić information content (AvgIpc) is 2.05. The second-order valence-corrected chi connectivity index (χ2v) is 1.90. The summed E-state index contributed by atoms with van der Waals surface area (Å²) in [5.74, 6) is 0. The molecule has 0 bridgehead atoms. The molecule has 0 aliphatic heterocycles. The van der Waals surface area contributed by atoms with Crippen molar-refractivity contribution in [3.05, 3.63) is 11.0 Å². The van der Waals surface area contributed by atoms with Gasteiger partial charge in [0.15, 0.2) is 0 Å². The Morgan fingerprint density at radius 3 is 1.30 bits per heavy atom. The normalized spacial score (nSPS) is 9.00. The summed E-state index contributed by atoms with van der Waals surface area (Å²) in [7, 11) is 0. The topological polar surface area (TPSA) is 63.2 Å². The van der Waals surface area contributed by atoms with Crippen molar-refractivity contribution in [3.63, 3.8) is 0 Å². The van der Waals surface area contributed by atoms with Crippen molar-refractivity contribution in [2.75, 3.05) is 0 Å². The summed E-state index contributed by atoms with van der Waals surface area (Å²) in [6, 6.07) is 0. The molecule has 0 aliphatic rings. The van der Waals surface area contributed by atoms with E-state index in [-0.39, 0.29) is 0 Å². The van der Waals surface area contributed by atoms with Crippen LogP contribution >= 0.6 is 0 Å². The average molecular weight is 140 g/mol. The maximum atomic E-state index is 2.94. The highest BCUT2D eigenvalue weighted by atomic mass is 15.3. The predicted molar refractivity (Wildman–Crippen MR) is 41.0 cm³/mol. The fourth-order valence-electron chi connectivity index (χ4n) is 0.621. The molecule has 0 aliphatic carbocycles.